The fourth-order valence-corrected chi connectivity index (χ4v) is 2.04. The van der Waals surface area contributed by atoms with E-state index >= 15 is 0 Å². The van der Waals surface area contributed by atoms with Crippen molar-refractivity contribution in [3.63, 3.8) is 0 Å². The molecule has 1 rings (SSSR count). The lowest BCUT2D eigenvalue weighted by Crippen LogP contribution is -2.26. The van der Waals surface area contributed by atoms with Crippen LogP contribution in [0.4, 0.5) is 4.39 Å². The maximum Gasteiger partial charge on any atom is 0.258 e. The summed E-state index contributed by atoms with van der Waals surface area (Å²) in [6.07, 6.45) is 1.88. The van der Waals surface area contributed by atoms with Crippen LogP contribution in [-0.2, 0) is 0 Å². The van der Waals surface area contributed by atoms with Crippen molar-refractivity contribution >= 4 is 21.8 Å². The van der Waals surface area contributed by atoms with Gasteiger partial charge in [0.15, 0.2) is 0 Å². The first kappa shape index (κ1) is 16.0. The van der Waals surface area contributed by atoms with Crippen molar-refractivity contribution in [1.29, 1.82) is 0 Å². The molecule has 0 saturated carbocycles. The van der Waals surface area contributed by atoms with Crippen LogP contribution in [0.25, 0.3) is 0 Å². The number of hydrogen-bond donors (Lipinski definition) is 1. The van der Waals surface area contributed by atoms with E-state index in [1.807, 2.05) is 0 Å². The molecule has 19 heavy (non-hydrogen) atoms. The number of methoxy groups -OCH3 is 1. The Kier molecular flexibility index (Phi) is 6.84. The molecule has 1 unspecified atom stereocenters. The molecule has 1 aromatic rings. The molecule has 0 radical (unpaired) electrons. The van der Waals surface area contributed by atoms with E-state index in [-0.39, 0.29) is 11.3 Å². The van der Waals surface area contributed by atoms with Gasteiger partial charge in [-0.15, -0.1) is 0 Å². The van der Waals surface area contributed by atoms with Crippen molar-refractivity contribution in [2.75, 3.05) is 19.0 Å². The second-order valence-corrected chi connectivity index (χ2v) is 5.12. The van der Waals surface area contributed by atoms with Gasteiger partial charge in [0.05, 0.1) is 7.11 Å². The number of rotatable bonds is 7. The van der Waals surface area contributed by atoms with E-state index in [1.165, 1.54) is 19.2 Å². The van der Waals surface area contributed by atoms with Crippen molar-refractivity contribution in [2.24, 2.45) is 5.92 Å². The van der Waals surface area contributed by atoms with Crippen molar-refractivity contribution in [3.8, 4) is 5.75 Å². The fourth-order valence-electron chi connectivity index (χ4n) is 1.71. The summed E-state index contributed by atoms with van der Waals surface area (Å²) in [6.45, 7) is 2.67. The van der Waals surface area contributed by atoms with E-state index in [2.05, 4.69) is 28.2 Å². The number of amides is 1. The van der Waals surface area contributed by atoms with Gasteiger partial charge in [0.25, 0.3) is 5.91 Å². The average molecular weight is 332 g/mol. The monoisotopic (exact) mass is 331 g/mol. The van der Waals surface area contributed by atoms with Gasteiger partial charge in [-0.3, -0.25) is 4.79 Å². The second kappa shape index (κ2) is 8.15. The minimum Gasteiger partial charge on any atom is -0.496 e. The SMILES string of the molecule is COc1cccc(F)c1C(=O)NCCCC(C)CBr. The summed E-state index contributed by atoms with van der Waals surface area (Å²) in [6, 6.07) is 4.35. The Morgan fingerprint density at radius 3 is 2.89 bits per heavy atom. The Hall–Kier alpha value is -1.10. The third-order valence-corrected chi connectivity index (χ3v) is 3.95. The van der Waals surface area contributed by atoms with E-state index in [1.54, 1.807) is 6.07 Å². The summed E-state index contributed by atoms with van der Waals surface area (Å²) in [4.78, 5) is 11.9. The van der Waals surface area contributed by atoms with E-state index in [4.69, 9.17) is 4.74 Å². The summed E-state index contributed by atoms with van der Waals surface area (Å²) in [7, 11) is 1.42. The molecule has 106 valence electrons. The summed E-state index contributed by atoms with van der Waals surface area (Å²) in [5, 5.41) is 3.67. The molecule has 0 bridgehead atoms. The molecule has 1 atom stereocenters. The van der Waals surface area contributed by atoms with E-state index in [0.29, 0.717) is 12.5 Å². The van der Waals surface area contributed by atoms with Gasteiger partial charge in [0.2, 0.25) is 0 Å². The number of alkyl halides is 1. The van der Waals surface area contributed by atoms with Gasteiger partial charge in [0, 0.05) is 11.9 Å². The first-order valence-electron chi connectivity index (χ1n) is 6.26. The van der Waals surface area contributed by atoms with Crippen LogP contribution in [0.15, 0.2) is 18.2 Å². The molecular formula is C14H19BrFNO2. The molecule has 5 heteroatoms. The summed E-state index contributed by atoms with van der Waals surface area (Å²) < 4.78 is 18.6. The zero-order chi connectivity index (χ0) is 14.3. The van der Waals surface area contributed by atoms with Crippen LogP contribution >= 0.6 is 15.9 Å². The number of carbonyl (C=O) groups is 1. The van der Waals surface area contributed by atoms with Crippen molar-refractivity contribution < 1.29 is 13.9 Å². The van der Waals surface area contributed by atoms with Crippen LogP contribution < -0.4 is 10.1 Å². The maximum atomic E-state index is 13.6. The molecule has 0 saturated heterocycles. The molecule has 0 aliphatic heterocycles. The highest BCUT2D eigenvalue weighted by Crippen LogP contribution is 2.20. The van der Waals surface area contributed by atoms with E-state index < -0.39 is 11.7 Å². The van der Waals surface area contributed by atoms with Gasteiger partial charge < -0.3 is 10.1 Å². The van der Waals surface area contributed by atoms with Gasteiger partial charge in [-0.05, 0) is 30.9 Å². The standard InChI is InChI=1S/C14H19BrFNO2/c1-10(9-15)5-4-8-17-14(18)13-11(16)6-3-7-12(13)19-2/h3,6-7,10H,4-5,8-9H2,1-2H3,(H,17,18). The molecule has 0 aliphatic carbocycles. The van der Waals surface area contributed by atoms with Crippen molar-refractivity contribution in [1.82, 2.24) is 5.32 Å². The molecule has 3 nitrogen and oxygen atoms in total. The summed E-state index contributed by atoms with van der Waals surface area (Å²) >= 11 is 3.41. The van der Waals surface area contributed by atoms with Crippen LogP contribution in [0.2, 0.25) is 0 Å². The Balaban J connectivity index is 2.54. The van der Waals surface area contributed by atoms with Crippen LogP contribution in [-0.4, -0.2) is 24.9 Å². The number of carbonyl (C=O) groups excluding carboxylic acids is 1. The Labute approximate surface area is 121 Å². The van der Waals surface area contributed by atoms with Crippen molar-refractivity contribution in [2.45, 2.75) is 19.8 Å². The Morgan fingerprint density at radius 1 is 1.53 bits per heavy atom. The highest BCUT2D eigenvalue weighted by molar-refractivity contribution is 9.09. The highest BCUT2D eigenvalue weighted by atomic mass is 79.9. The predicted octanol–water partition coefficient (Wildman–Crippen LogP) is 3.38. The lowest BCUT2D eigenvalue weighted by atomic mass is 10.1. The summed E-state index contributed by atoms with van der Waals surface area (Å²) in [5.41, 5.74) is -0.0291. The lowest BCUT2D eigenvalue weighted by Gasteiger charge is -2.11. The van der Waals surface area contributed by atoms with Crippen LogP contribution in [0.3, 0.4) is 0 Å². The van der Waals surface area contributed by atoms with Crippen LogP contribution in [0.1, 0.15) is 30.1 Å². The first-order valence-corrected chi connectivity index (χ1v) is 7.39. The van der Waals surface area contributed by atoms with Gasteiger partial charge in [-0.2, -0.15) is 0 Å². The first-order chi connectivity index (χ1) is 9.10. The second-order valence-electron chi connectivity index (χ2n) is 4.47. The number of benzene rings is 1. The molecule has 0 heterocycles. The third kappa shape index (κ3) is 4.82. The summed E-state index contributed by atoms with van der Waals surface area (Å²) in [5.74, 6) is -0.168. The molecule has 1 amide bonds. The van der Waals surface area contributed by atoms with Gasteiger partial charge in [-0.25, -0.2) is 4.39 Å². The van der Waals surface area contributed by atoms with E-state index in [9.17, 15) is 9.18 Å². The third-order valence-electron chi connectivity index (χ3n) is 2.85. The van der Waals surface area contributed by atoms with Gasteiger partial charge in [0.1, 0.15) is 17.1 Å². The topological polar surface area (TPSA) is 38.3 Å². The van der Waals surface area contributed by atoms with Gasteiger partial charge in [-0.1, -0.05) is 28.9 Å². The fraction of sp³-hybridized carbons (Fsp3) is 0.500. The Morgan fingerprint density at radius 2 is 2.26 bits per heavy atom. The average Bonchev–Trinajstić information content (AvgIpc) is 2.42. The molecule has 1 N–H and O–H groups in total. The number of halogens is 2. The quantitative estimate of drug-likeness (QED) is 0.614. The molecular weight excluding hydrogens is 313 g/mol. The Bertz CT molecular complexity index is 426. The molecule has 0 aliphatic rings. The predicted molar refractivity (Wildman–Crippen MR) is 77.5 cm³/mol. The highest BCUT2D eigenvalue weighted by Gasteiger charge is 2.16. The smallest absolute Gasteiger partial charge is 0.258 e. The zero-order valence-electron chi connectivity index (χ0n) is 11.2. The molecule has 0 spiro atoms. The normalized spacial score (nSPS) is 12.0. The minimum atomic E-state index is -0.564. The maximum absolute atomic E-state index is 13.6. The van der Waals surface area contributed by atoms with Crippen LogP contribution in [0.5, 0.6) is 5.75 Å². The molecule has 1 aromatic carbocycles. The lowest BCUT2D eigenvalue weighted by molar-refractivity contribution is 0.0945. The van der Waals surface area contributed by atoms with Gasteiger partial charge >= 0.3 is 0 Å². The molecule has 0 aromatic heterocycles. The largest absolute Gasteiger partial charge is 0.496 e. The van der Waals surface area contributed by atoms with Crippen molar-refractivity contribution in [3.05, 3.63) is 29.6 Å². The number of ether oxygens (including phenoxy) is 1. The number of hydrogen-bond acceptors (Lipinski definition) is 2. The number of nitrogens with one attached hydrogen (secondary N) is 1. The molecule has 0 fully saturated rings. The zero-order valence-corrected chi connectivity index (χ0v) is 12.8. The van der Waals surface area contributed by atoms with Crippen LogP contribution in [0, 0.1) is 11.7 Å². The minimum absolute atomic E-state index is 0.0291. The van der Waals surface area contributed by atoms with E-state index in [0.717, 1.165) is 18.2 Å².